The molecule has 89 heavy (non-hydrogen) atoms. The number of pyridine rings is 2. The Kier molecular flexibility index (Phi) is 23.8. The highest BCUT2D eigenvalue weighted by molar-refractivity contribution is 9.11. The maximum absolute atomic E-state index is 12.0. The molecule has 4 aliphatic rings. The number of aromatic nitrogens is 11. The molecule has 9 aromatic rings. The van der Waals surface area contributed by atoms with Gasteiger partial charge in [-0.25, -0.2) is 19.5 Å². The van der Waals surface area contributed by atoms with Gasteiger partial charge in [-0.15, -0.1) is 0 Å². The van der Waals surface area contributed by atoms with Crippen LogP contribution in [0.15, 0.2) is 124 Å². The van der Waals surface area contributed by atoms with E-state index in [-0.39, 0.29) is 46.5 Å². The van der Waals surface area contributed by atoms with Crippen molar-refractivity contribution in [1.82, 2.24) is 48.8 Å². The molecule has 7 N–H and O–H groups in total. The summed E-state index contributed by atoms with van der Waals surface area (Å²) in [5, 5.41) is 55.5. The number of fused-ring (bicyclic) bond motifs is 3. The van der Waals surface area contributed by atoms with E-state index in [1.165, 1.54) is 31.2 Å². The number of benzene rings is 1. The number of amides is 1. The van der Waals surface area contributed by atoms with E-state index >= 15 is 0 Å². The third kappa shape index (κ3) is 16.8. The molecule has 21 nitrogen and oxygen atoms in total. The Bertz CT molecular complexity index is 3730. The number of rotatable bonds is 20. The molecule has 474 valence electrons. The summed E-state index contributed by atoms with van der Waals surface area (Å²) in [5.41, 5.74) is 7.68. The summed E-state index contributed by atoms with van der Waals surface area (Å²) in [6, 6.07) is 22.9. The number of aliphatic hydroxyl groups excluding tert-OH is 3. The van der Waals surface area contributed by atoms with E-state index in [2.05, 4.69) is 117 Å². The number of piperidine rings is 1. The van der Waals surface area contributed by atoms with Crippen LogP contribution in [0, 0.1) is 17.8 Å². The molecule has 1 aromatic carbocycles. The average molecular weight is 1410 g/mol. The SMILES string of the molecule is C.C.C[n+]1cccc(CNc2cc(C[C@@H]3CCCC[C@@H]3CO)nc3c(Br)cnn23)c1.O=C(Nc1ccc(CNc2cc(N3CCCC[C@H]3CCO)nc3c(Br)cnn23)cc1)C1CC1.OCC[C@@H]1CCCN1c1cc(NCc2cccnc2)n2ncc(Br)c2n1. The monoisotopic (exact) mass is 1400 g/mol. The van der Waals surface area contributed by atoms with E-state index < -0.39 is 0 Å². The number of nitrogens with zero attached hydrogens (tertiary/aromatic N) is 13. The summed E-state index contributed by atoms with van der Waals surface area (Å²) >= 11 is 10.7. The molecule has 10 heterocycles. The number of carbonyl (C=O) groups is 1. The lowest BCUT2D eigenvalue weighted by molar-refractivity contribution is -0.671. The predicted molar refractivity (Wildman–Crippen MR) is 362 cm³/mol. The van der Waals surface area contributed by atoms with Gasteiger partial charge in [-0.1, -0.05) is 45.9 Å². The standard InChI is InChI=1S/C24H29BrN6O2.C21H27BrN5O.C18H21BrN6O.2CH4/c25-20-15-27-31-21(13-22(29-23(20)31)30-11-2-1-3-19(30)10-12-32)26-14-16-4-8-18(9-5-16)28-24(33)17-6-7-17;1-26-8-4-5-15(13-26)11-23-20-10-18(25-21-19(22)12-24-27(20)21)9-16-6-2-3-7-17(16)14-28;19-15-12-22-25-16(21-11-13-3-1-6-20-10-13)9-17(23-18(15)25)24-7-2-4-14(24)5-8-26;;/h4-5,8-9,13,15,17,19,26,32H,1-3,6-7,10-12,14H2,(H,28,33);4-5,8,10,12-13,16-17,23,28H,2-3,6-7,9,11,14H2,1H3;1,3,6,9-10,12,14,21,26H,2,4-5,7-8,11H2;2*1H4/q;+1;;;/t19-;16-,17+;14-;;/m000../s1. The third-order valence-corrected chi connectivity index (χ3v) is 18.6. The Morgan fingerprint density at radius 3 is 1.69 bits per heavy atom. The molecule has 0 radical (unpaired) electrons. The van der Waals surface area contributed by atoms with Crippen molar-refractivity contribution in [3.63, 3.8) is 0 Å². The fourth-order valence-electron chi connectivity index (χ4n) is 12.1. The van der Waals surface area contributed by atoms with Gasteiger partial charge in [0.15, 0.2) is 29.3 Å². The molecule has 2 aliphatic carbocycles. The number of aliphatic hydroxyl groups is 3. The molecule has 8 aromatic heterocycles. The lowest BCUT2D eigenvalue weighted by Crippen LogP contribution is -2.40. The van der Waals surface area contributed by atoms with Crippen LogP contribution in [0.2, 0.25) is 0 Å². The lowest BCUT2D eigenvalue weighted by atomic mass is 9.77. The molecule has 4 fully saturated rings. The molecule has 2 aliphatic heterocycles. The zero-order valence-electron chi connectivity index (χ0n) is 49.0. The minimum absolute atomic E-state index is 0. The van der Waals surface area contributed by atoms with E-state index in [9.17, 15) is 20.1 Å². The van der Waals surface area contributed by atoms with Crippen LogP contribution in [0.3, 0.4) is 0 Å². The van der Waals surface area contributed by atoms with Crippen LogP contribution in [0.25, 0.3) is 16.9 Å². The molecule has 2 saturated heterocycles. The van der Waals surface area contributed by atoms with Gasteiger partial charge in [0.05, 0.1) is 32.0 Å². The summed E-state index contributed by atoms with van der Waals surface area (Å²) < 4.78 is 10.1. The lowest BCUT2D eigenvalue weighted by Gasteiger charge is -2.36. The number of carbonyl (C=O) groups excluding carboxylic acids is 1. The molecule has 1 amide bonds. The summed E-state index contributed by atoms with van der Waals surface area (Å²) in [4.78, 5) is 35.3. The van der Waals surface area contributed by atoms with Crippen LogP contribution in [0.4, 0.5) is 34.8 Å². The Balaban J connectivity index is 0.000000158. The zero-order valence-corrected chi connectivity index (χ0v) is 53.8. The summed E-state index contributed by atoms with van der Waals surface area (Å²) in [6.07, 6.45) is 27.8. The molecular formula is C65H85Br3N17O4+. The highest BCUT2D eigenvalue weighted by Gasteiger charge is 2.31. The fraction of sp³-hybridized carbons (Fsp3) is 0.462. The van der Waals surface area contributed by atoms with Crippen molar-refractivity contribution in [2.24, 2.45) is 24.8 Å². The number of aryl methyl sites for hydroxylation is 1. The first-order chi connectivity index (χ1) is 42.5. The van der Waals surface area contributed by atoms with Crippen molar-refractivity contribution in [1.29, 1.82) is 0 Å². The fourth-order valence-corrected chi connectivity index (χ4v) is 13.2. The van der Waals surface area contributed by atoms with Gasteiger partial charge in [-0.05, 0) is 172 Å². The molecule has 2 saturated carbocycles. The largest absolute Gasteiger partial charge is 0.396 e. The van der Waals surface area contributed by atoms with Crippen LogP contribution < -0.4 is 35.6 Å². The van der Waals surface area contributed by atoms with Crippen molar-refractivity contribution >= 4 is 105 Å². The molecule has 0 spiro atoms. The average Bonchev–Trinajstić information content (AvgIpc) is 2.82. The van der Waals surface area contributed by atoms with Gasteiger partial charge in [0.25, 0.3) is 0 Å². The van der Waals surface area contributed by atoms with Crippen molar-refractivity contribution in [3.05, 3.63) is 146 Å². The second kappa shape index (κ2) is 31.8. The zero-order chi connectivity index (χ0) is 60.2. The minimum Gasteiger partial charge on any atom is -0.396 e. The van der Waals surface area contributed by atoms with Gasteiger partial charge in [0, 0.05) is 124 Å². The predicted octanol–water partition coefficient (Wildman–Crippen LogP) is 11.6. The van der Waals surface area contributed by atoms with Crippen LogP contribution in [0.5, 0.6) is 0 Å². The number of anilines is 6. The first-order valence-electron chi connectivity index (χ1n) is 30.4. The number of hydrogen-bond acceptors (Lipinski definition) is 16. The third-order valence-electron chi connectivity index (χ3n) is 16.9. The maximum atomic E-state index is 12.0. The van der Waals surface area contributed by atoms with Crippen LogP contribution in [-0.2, 0) is 37.9 Å². The highest BCUT2D eigenvalue weighted by atomic mass is 79.9. The second-order valence-electron chi connectivity index (χ2n) is 23.1. The number of nitrogens with one attached hydrogen (secondary N) is 4. The minimum atomic E-state index is 0. The van der Waals surface area contributed by atoms with Gasteiger partial charge < -0.3 is 46.4 Å². The summed E-state index contributed by atoms with van der Waals surface area (Å²) in [5.74, 6) is 5.71. The van der Waals surface area contributed by atoms with Crippen molar-refractivity contribution < 1.29 is 24.7 Å². The summed E-state index contributed by atoms with van der Waals surface area (Å²) in [6.45, 7) is 4.55. The first kappa shape index (κ1) is 66.6. The Labute approximate surface area is 546 Å². The second-order valence-corrected chi connectivity index (χ2v) is 25.7. The molecule has 24 heteroatoms. The highest BCUT2D eigenvalue weighted by Crippen LogP contribution is 2.35. The van der Waals surface area contributed by atoms with Gasteiger partial charge in [0.1, 0.15) is 36.1 Å². The Hall–Kier alpha value is -6.83. The molecule has 13 rings (SSSR count). The van der Waals surface area contributed by atoms with Gasteiger partial charge in [0.2, 0.25) is 5.91 Å². The van der Waals surface area contributed by atoms with E-state index in [1.54, 1.807) is 29.3 Å². The van der Waals surface area contributed by atoms with Crippen molar-refractivity contribution in [2.45, 2.75) is 136 Å². The first-order valence-corrected chi connectivity index (χ1v) is 32.8. The number of halogens is 3. The topological polar surface area (TPSA) is 240 Å². The van der Waals surface area contributed by atoms with E-state index in [4.69, 9.17) is 15.0 Å². The van der Waals surface area contributed by atoms with Gasteiger partial charge in [-0.2, -0.15) is 28.8 Å². The Morgan fingerprint density at radius 2 is 1.12 bits per heavy atom. The van der Waals surface area contributed by atoms with Crippen LogP contribution in [-0.4, -0.2) is 115 Å². The maximum Gasteiger partial charge on any atom is 0.227 e. The molecule has 0 unspecified atom stereocenters. The summed E-state index contributed by atoms with van der Waals surface area (Å²) in [7, 11) is 2.03. The van der Waals surface area contributed by atoms with Gasteiger partial charge in [-0.3, -0.25) is 9.78 Å². The number of hydrogen-bond donors (Lipinski definition) is 7. The molecular weight excluding hydrogens is 1320 g/mol. The van der Waals surface area contributed by atoms with Crippen LogP contribution >= 0.6 is 47.8 Å². The van der Waals surface area contributed by atoms with Crippen molar-refractivity contribution in [2.75, 3.05) is 64.0 Å². The van der Waals surface area contributed by atoms with Crippen LogP contribution in [0.1, 0.15) is 121 Å². The molecule has 0 bridgehead atoms. The van der Waals surface area contributed by atoms with E-state index in [1.807, 2.05) is 87.6 Å². The van der Waals surface area contributed by atoms with Gasteiger partial charge >= 0.3 is 0 Å². The van der Waals surface area contributed by atoms with Crippen molar-refractivity contribution in [3.8, 4) is 0 Å². The quantitative estimate of drug-likeness (QED) is 0.0351. The van der Waals surface area contributed by atoms with E-state index in [0.717, 1.165) is 159 Å². The smallest absolute Gasteiger partial charge is 0.227 e. The molecule has 4 atom stereocenters. The van der Waals surface area contributed by atoms with E-state index in [0.29, 0.717) is 43.6 Å². The Morgan fingerprint density at radius 1 is 0.596 bits per heavy atom. The normalized spacial score (nSPS) is 18.1.